The summed E-state index contributed by atoms with van der Waals surface area (Å²) in [4.78, 5) is 13.2. The lowest BCUT2D eigenvalue weighted by atomic mass is 10.1. The number of halogens is 4. The van der Waals surface area contributed by atoms with Crippen molar-refractivity contribution < 1.29 is 23.1 Å². The fourth-order valence-electron chi connectivity index (χ4n) is 3.52. The SMILES string of the molecule is O=C(O)c1ccccc1Nc1ccc2c(c1)CN(c1ccc(Cl)c(C(F)(F)F)c1)C2. The Bertz CT molecular complexity index is 1130. The van der Waals surface area contributed by atoms with Crippen molar-refractivity contribution in [2.24, 2.45) is 0 Å². The maximum Gasteiger partial charge on any atom is 0.417 e. The van der Waals surface area contributed by atoms with Crippen LogP contribution in [0.3, 0.4) is 0 Å². The zero-order valence-corrected chi connectivity index (χ0v) is 16.3. The molecule has 2 N–H and O–H groups in total. The third kappa shape index (κ3) is 3.93. The van der Waals surface area contributed by atoms with Gasteiger partial charge in [-0.25, -0.2) is 4.79 Å². The highest BCUT2D eigenvalue weighted by Crippen LogP contribution is 2.39. The highest BCUT2D eigenvalue weighted by Gasteiger charge is 2.34. The van der Waals surface area contributed by atoms with Gasteiger partial charge in [-0.1, -0.05) is 29.8 Å². The van der Waals surface area contributed by atoms with Gasteiger partial charge in [0.05, 0.1) is 21.8 Å². The Kier molecular flexibility index (Phi) is 5.07. The van der Waals surface area contributed by atoms with Crippen LogP contribution in [0.2, 0.25) is 5.02 Å². The van der Waals surface area contributed by atoms with Crippen molar-refractivity contribution in [1.29, 1.82) is 0 Å². The molecule has 0 bridgehead atoms. The largest absolute Gasteiger partial charge is 0.478 e. The molecule has 0 spiro atoms. The van der Waals surface area contributed by atoms with Crippen molar-refractivity contribution in [3.8, 4) is 0 Å². The number of hydrogen-bond acceptors (Lipinski definition) is 3. The maximum absolute atomic E-state index is 13.2. The highest BCUT2D eigenvalue weighted by atomic mass is 35.5. The monoisotopic (exact) mass is 432 g/mol. The number of carbonyl (C=O) groups is 1. The van der Waals surface area contributed by atoms with Crippen LogP contribution in [0.25, 0.3) is 0 Å². The van der Waals surface area contributed by atoms with E-state index in [4.69, 9.17) is 11.6 Å². The van der Waals surface area contributed by atoms with Crippen molar-refractivity contribution in [3.05, 3.63) is 87.9 Å². The molecule has 4 rings (SSSR count). The Labute approximate surface area is 175 Å². The number of benzene rings is 3. The van der Waals surface area contributed by atoms with Crippen LogP contribution in [0.1, 0.15) is 27.0 Å². The van der Waals surface area contributed by atoms with Gasteiger partial charge in [0.15, 0.2) is 0 Å². The molecular weight excluding hydrogens is 417 g/mol. The van der Waals surface area contributed by atoms with E-state index in [0.29, 0.717) is 30.2 Å². The van der Waals surface area contributed by atoms with Crippen LogP contribution in [-0.2, 0) is 19.3 Å². The summed E-state index contributed by atoms with van der Waals surface area (Å²) in [7, 11) is 0. The van der Waals surface area contributed by atoms with E-state index >= 15 is 0 Å². The fraction of sp³-hybridized carbons (Fsp3) is 0.136. The molecule has 3 aromatic rings. The number of alkyl halides is 3. The lowest BCUT2D eigenvalue weighted by Crippen LogP contribution is -2.16. The molecule has 0 amide bonds. The number of carboxylic acid groups (broad SMARTS) is 1. The van der Waals surface area contributed by atoms with Gasteiger partial charge < -0.3 is 15.3 Å². The lowest BCUT2D eigenvalue weighted by molar-refractivity contribution is -0.137. The zero-order valence-electron chi connectivity index (χ0n) is 15.5. The van der Waals surface area contributed by atoms with Crippen LogP contribution in [0.4, 0.5) is 30.2 Å². The molecule has 1 heterocycles. The molecule has 1 aliphatic rings. The molecule has 0 saturated carbocycles. The summed E-state index contributed by atoms with van der Waals surface area (Å²) in [5.41, 5.74) is 2.86. The molecule has 154 valence electrons. The Hall–Kier alpha value is -3.19. The summed E-state index contributed by atoms with van der Waals surface area (Å²) < 4.78 is 39.5. The summed E-state index contributed by atoms with van der Waals surface area (Å²) in [5, 5.41) is 12.1. The van der Waals surface area contributed by atoms with E-state index in [-0.39, 0.29) is 10.6 Å². The summed E-state index contributed by atoms with van der Waals surface area (Å²) in [6.45, 7) is 0.907. The first-order chi connectivity index (χ1) is 14.2. The van der Waals surface area contributed by atoms with Crippen LogP contribution in [0, 0.1) is 0 Å². The van der Waals surface area contributed by atoms with Gasteiger partial charge in [0.2, 0.25) is 0 Å². The summed E-state index contributed by atoms with van der Waals surface area (Å²) in [5.74, 6) is -1.03. The minimum absolute atomic E-state index is 0.153. The summed E-state index contributed by atoms with van der Waals surface area (Å²) in [6, 6.07) is 16.1. The average Bonchev–Trinajstić information content (AvgIpc) is 3.11. The van der Waals surface area contributed by atoms with Crippen molar-refractivity contribution in [1.82, 2.24) is 0 Å². The molecule has 0 unspecified atom stereocenters. The van der Waals surface area contributed by atoms with E-state index in [2.05, 4.69) is 5.32 Å². The second-order valence-electron chi connectivity index (χ2n) is 6.98. The predicted molar refractivity (Wildman–Crippen MR) is 109 cm³/mol. The molecule has 8 heteroatoms. The average molecular weight is 433 g/mol. The van der Waals surface area contributed by atoms with E-state index in [0.717, 1.165) is 17.2 Å². The van der Waals surface area contributed by atoms with E-state index in [9.17, 15) is 23.1 Å². The Morgan fingerprint density at radius 3 is 2.47 bits per heavy atom. The smallest absolute Gasteiger partial charge is 0.417 e. The number of aromatic carboxylic acids is 1. The number of rotatable bonds is 4. The lowest BCUT2D eigenvalue weighted by Gasteiger charge is -2.20. The van der Waals surface area contributed by atoms with Gasteiger partial charge in [0.1, 0.15) is 0 Å². The predicted octanol–water partition coefficient (Wildman–Crippen LogP) is 6.32. The molecule has 0 aliphatic carbocycles. The fourth-order valence-corrected chi connectivity index (χ4v) is 3.74. The van der Waals surface area contributed by atoms with Crippen molar-refractivity contribution in [2.75, 3.05) is 10.2 Å². The third-order valence-corrected chi connectivity index (χ3v) is 5.32. The first-order valence-corrected chi connectivity index (χ1v) is 9.43. The second kappa shape index (κ2) is 7.57. The van der Waals surface area contributed by atoms with Crippen molar-refractivity contribution in [3.63, 3.8) is 0 Å². The summed E-state index contributed by atoms with van der Waals surface area (Å²) in [6.07, 6.45) is -4.52. The molecule has 0 aromatic heterocycles. The van der Waals surface area contributed by atoms with Crippen LogP contribution < -0.4 is 10.2 Å². The molecule has 0 radical (unpaired) electrons. The first kappa shape index (κ1) is 20.1. The Morgan fingerprint density at radius 2 is 1.73 bits per heavy atom. The molecule has 0 saturated heterocycles. The van der Waals surface area contributed by atoms with Crippen LogP contribution in [0.5, 0.6) is 0 Å². The van der Waals surface area contributed by atoms with Crippen LogP contribution >= 0.6 is 11.6 Å². The number of hydrogen-bond donors (Lipinski definition) is 2. The van der Waals surface area contributed by atoms with Crippen molar-refractivity contribution >= 4 is 34.6 Å². The minimum atomic E-state index is -4.52. The maximum atomic E-state index is 13.2. The van der Waals surface area contributed by atoms with E-state index in [1.54, 1.807) is 24.3 Å². The number of carboxylic acids is 1. The molecule has 30 heavy (non-hydrogen) atoms. The standard InChI is InChI=1S/C22H16ClF3N2O2/c23-19-8-7-16(10-18(19)22(24,25)26)28-11-13-5-6-15(9-14(13)12-28)27-20-4-2-1-3-17(20)21(29)30/h1-10,27H,11-12H2,(H,29,30). The molecule has 3 aromatic carbocycles. The van der Waals surface area contributed by atoms with Gasteiger partial charge in [-0.05, 0) is 53.6 Å². The molecule has 1 aliphatic heterocycles. The normalized spacial score (nSPS) is 13.3. The highest BCUT2D eigenvalue weighted by molar-refractivity contribution is 6.31. The summed E-state index contributed by atoms with van der Waals surface area (Å²) >= 11 is 5.72. The zero-order chi connectivity index (χ0) is 21.5. The van der Waals surface area contributed by atoms with Gasteiger partial charge in [-0.15, -0.1) is 0 Å². The molecular formula is C22H16ClF3N2O2. The van der Waals surface area contributed by atoms with Gasteiger partial charge in [-0.3, -0.25) is 0 Å². The van der Waals surface area contributed by atoms with Gasteiger partial charge in [0.25, 0.3) is 0 Å². The molecule has 4 nitrogen and oxygen atoms in total. The number of nitrogens with one attached hydrogen (secondary N) is 1. The van der Waals surface area contributed by atoms with Crippen molar-refractivity contribution in [2.45, 2.75) is 19.3 Å². The minimum Gasteiger partial charge on any atom is -0.478 e. The first-order valence-electron chi connectivity index (χ1n) is 9.05. The van der Waals surface area contributed by atoms with Crippen LogP contribution in [0.15, 0.2) is 60.7 Å². The topological polar surface area (TPSA) is 52.6 Å². The Morgan fingerprint density at radius 1 is 1.00 bits per heavy atom. The van der Waals surface area contributed by atoms with E-state index in [1.807, 2.05) is 23.1 Å². The number of nitrogens with zero attached hydrogens (tertiary/aromatic N) is 1. The van der Waals surface area contributed by atoms with Gasteiger partial charge in [-0.2, -0.15) is 13.2 Å². The van der Waals surface area contributed by atoms with E-state index < -0.39 is 17.7 Å². The van der Waals surface area contributed by atoms with Crippen LogP contribution in [-0.4, -0.2) is 11.1 Å². The number of fused-ring (bicyclic) bond motifs is 1. The molecule has 0 atom stereocenters. The Balaban J connectivity index is 1.57. The third-order valence-electron chi connectivity index (χ3n) is 4.99. The quantitative estimate of drug-likeness (QED) is 0.506. The van der Waals surface area contributed by atoms with E-state index in [1.165, 1.54) is 12.1 Å². The van der Waals surface area contributed by atoms with Gasteiger partial charge >= 0.3 is 12.1 Å². The number of para-hydroxylation sites is 1. The number of anilines is 3. The van der Waals surface area contributed by atoms with Gasteiger partial charge in [0, 0.05) is 24.5 Å². The second-order valence-corrected chi connectivity index (χ2v) is 7.38. The molecule has 0 fully saturated rings.